The molecule has 0 radical (unpaired) electrons. The van der Waals surface area contributed by atoms with Crippen molar-refractivity contribution < 1.29 is 0 Å². The molecule has 9 heavy (non-hydrogen) atoms. The number of hydrogen-bond acceptors (Lipinski definition) is 3. The van der Waals surface area contributed by atoms with E-state index in [0.717, 1.165) is 13.1 Å². The molecule has 0 saturated carbocycles. The number of nitrogens with zero attached hydrogens (tertiary/aromatic N) is 2. The van der Waals surface area contributed by atoms with Crippen molar-refractivity contribution in [3.05, 3.63) is 0 Å². The zero-order valence-electron chi connectivity index (χ0n) is 6.39. The lowest BCUT2D eigenvalue weighted by molar-refractivity contribution is 0.244. The first kappa shape index (κ1) is 8.43. The summed E-state index contributed by atoms with van der Waals surface area (Å²) in [5.74, 6) is 0. The fraction of sp³-hybridized carbons (Fsp3) is 0.833. The van der Waals surface area contributed by atoms with E-state index in [1.54, 1.807) is 5.12 Å². The van der Waals surface area contributed by atoms with Gasteiger partial charge in [-0.25, -0.2) is 10.5 Å². The topological polar surface area (TPSA) is 27.6 Å². The molecule has 0 aromatic heterocycles. The summed E-state index contributed by atoms with van der Waals surface area (Å²) in [6.45, 7) is 7.88. The van der Waals surface area contributed by atoms with E-state index < -0.39 is 0 Å². The normalized spacial score (nSPS) is 15.2. The van der Waals surface area contributed by atoms with Crippen LogP contribution in [-0.4, -0.2) is 24.4 Å². The van der Waals surface area contributed by atoms with Gasteiger partial charge in [0.05, 0.1) is 13.1 Å². The van der Waals surface area contributed by atoms with Gasteiger partial charge in [0.25, 0.3) is 0 Å². The largest absolute Gasteiger partial charge is 0.230 e. The molecule has 1 heterocycles. The SMILES string of the molecule is CC.CCN1N=CCN1. The minimum absolute atomic E-state index is 0.883. The van der Waals surface area contributed by atoms with Crippen LogP contribution in [0.3, 0.4) is 0 Å². The molecule has 1 rings (SSSR count). The minimum Gasteiger partial charge on any atom is -0.230 e. The van der Waals surface area contributed by atoms with Gasteiger partial charge in [0.1, 0.15) is 0 Å². The first-order chi connectivity index (χ1) is 4.43. The lowest BCUT2D eigenvalue weighted by atomic mass is 10.8. The van der Waals surface area contributed by atoms with Gasteiger partial charge in [-0.1, -0.05) is 13.8 Å². The molecule has 0 unspecified atom stereocenters. The molecule has 1 aliphatic rings. The van der Waals surface area contributed by atoms with Crippen molar-refractivity contribution >= 4 is 6.21 Å². The van der Waals surface area contributed by atoms with E-state index in [1.165, 1.54) is 0 Å². The Morgan fingerprint density at radius 2 is 2.33 bits per heavy atom. The van der Waals surface area contributed by atoms with Gasteiger partial charge in [0.15, 0.2) is 0 Å². The summed E-state index contributed by atoms with van der Waals surface area (Å²) in [4.78, 5) is 0. The second-order valence-electron chi connectivity index (χ2n) is 1.38. The van der Waals surface area contributed by atoms with Crippen LogP contribution in [0.25, 0.3) is 0 Å². The molecule has 3 nitrogen and oxygen atoms in total. The maximum Gasteiger partial charge on any atom is 0.0538 e. The second-order valence-corrected chi connectivity index (χ2v) is 1.38. The summed E-state index contributed by atoms with van der Waals surface area (Å²) in [7, 11) is 0. The molecule has 0 spiro atoms. The van der Waals surface area contributed by atoms with Gasteiger partial charge in [-0.15, -0.1) is 0 Å². The number of nitrogens with one attached hydrogen (secondary N) is 1. The van der Waals surface area contributed by atoms with Crippen LogP contribution in [-0.2, 0) is 0 Å². The summed E-state index contributed by atoms with van der Waals surface area (Å²) in [5, 5.41) is 5.76. The molecule has 0 amide bonds. The highest BCUT2D eigenvalue weighted by atomic mass is 15.7. The number of hydrazine groups is 1. The van der Waals surface area contributed by atoms with Crippen LogP contribution < -0.4 is 5.43 Å². The lowest BCUT2D eigenvalue weighted by Gasteiger charge is -2.08. The van der Waals surface area contributed by atoms with Gasteiger partial charge in [-0.05, 0) is 6.92 Å². The maximum absolute atomic E-state index is 3.95. The van der Waals surface area contributed by atoms with Crippen LogP contribution in [0.15, 0.2) is 5.10 Å². The quantitative estimate of drug-likeness (QED) is 0.568. The van der Waals surface area contributed by atoms with Crippen molar-refractivity contribution in [3.63, 3.8) is 0 Å². The Balaban J connectivity index is 0.000000291. The van der Waals surface area contributed by atoms with E-state index in [1.807, 2.05) is 20.1 Å². The van der Waals surface area contributed by atoms with Crippen molar-refractivity contribution in [2.45, 2.75) is 20.8 Å². The third kappa shape index (κ3) is 3.08. The standard InChI is InChI=1S/C4H9N3.C2H6/c1-2-7-5-3-4-6-7;1-2/h3,6H,2,4H2,1H3;1-2H3. The number of hydrazone groups is 1. The monoisotopic (exact) mass is 129 g/mol. The van der Waals surface area contributed by atoms with Crippen molar-refractivity contribution in [2.24, 2.45) is 5.10 Å². The lowest BCUT2D eigenvalue weighted by Crippen LogP contribution is -2.27. The average molecular weight is 129 g/mol. The molecule has 0 fully saturated rings. The molecule has 54 valence electrons. The Bertz CT molecular complexity index is 80.4. The van der Waals surface area contributed by atoms with E-state index in [-0.39, 0.29) is 0 Å². The highest BCUT2D eigenvalue weighted by Crippen LogP contribution is 1.84. The average Bonchev–Trinajstić information content (AvgIpc) is 2.43. The molecule has 1 aliphatic heterocycles. The Morgan fingerprint density at radius 3 is 2.56 bits per heavy atom. The summed E-state index contributed by atoms with van der Waals surface area (Å²) >= 11 is 0. The molecular weight excluding hydrogens is 114 g/mol. The Hall–Kier alpha value is -0.570. The van der Waals surface area contributed by atoms with Crippen LogP contribution in [0, 0.1) is 0 Å². The van der Waals surface area contributed by atoms with Crippen molar-refractivity contribution in [2.75, 3.05) is 13.1 Å². The fourth-order valence-corrected chi connectivity index (χ4v) is 0.520. The molecule has 0 bridgehead atoms. The van der Waals surface area contributed by atoms with Crippen LogP contribution in [0.2, 0.25) is 0 Å². The third-order valence-corrected chi connectivity index (χ3v) is 0.886. The van der Waals surface area contributed by atoms with Crippen molar-refractivity contribution in [3.8, 4) is 0 Å². The van der Waals surface area contributed by atoms with Gasteiger partial charge in [-0.2, -0.15) is 5.10 Å². The van der Waals surface area contributed by atoms with Crippen LogP contribution in [0.4, 0.5) is 0 Å². The van der Waals surface area contributed by atoms with Gasteiger partial charge in [-0.3, -0.25) is 0 Å². The summed E-state index contributed by atoms with van der Waals surface area (Å²) in [6.07, 6.45) is 1.85. The van der Waals surface area contributed by atoms with Gasteiger partial charge in [0.2, 0.25) is 0 Å². The highest BCUT2D eigenvalue weighted by molar-refractivity contribution is 5.60. The van der Waals surface area contributed by atoms with Gasteiger partial charge >= 0.3 is 0 Å². The molecule has 3 heteroatoms. The zero-order chi connectivity index (χ0) is 7.11. The van der Waals surface area contributed by atoms with Crippen LogP contribution in [0.5, 0.6) is 0 Å². The van der Waals surface area contributed by atoms with E-state index in [0.29, 0.717) is 0 Å². The minimum atomic E-state index is 0.883. The molecule has 0 aliphatic carbocycles. The molecule has 0 aromatic rings. The van der Waals surface area contributed by atoms with Crippen LogP contribution >= 0.6 is 0 Å². The highest BCUT2D eigenvalue weighted by Gasteiger charge is 1.97. The Kier molecular flexibility index (Phi) is 5.21. The maximum atomic E-state index is 3.95. The number of hydrogen-bond donors (Lipinski definition) is 1. The number of rotatable bonds is 1. The summed E-state index contributed by atoms with van der Waals surface area (Å²) < 4.78 is 0. The van der Waals surface area contributed by atoms with E-state index in [2.05, 4.69) is 17.5 Å². The van der Waals surface area contributed by atoms with Crippen molar-refractivity contribution in [1.29, 1.82) is 0 Å². The molecule has 0 aromatic carbocycles. The molecule has 0 atom stereocenters. The first-order valence-electron chi connectivity index (χ1n) is 3.47. The fourth-order valence-electron chi connectivity index (χ4n) is 0.520. The third-order valence-electron chi connectivity index (χ3n) is 0.886. The zero-order valence-corrected chi connectivity index (χ0v) is 6.39. The van der Waals surface area contributed by atoms with Crippen molar-refractivity contribution in [1.82, 2.24) is 10.5 Å². The summed E-state index contributed by atoms with van der Waals surface area (Å²) in [5.41, 5.74) is 3.02. The Morgan fingerprint density at radius 1 is 1.67 bits per heavy atom. The van der Waals surface area contributed by atoms with E-state index >= 15 is 0 Å². The van der Waals surface area contributed by atoms with Gasteiger partial charge < -0.3 is 0 Å². The smallest absolute Gasteiger partial charge is 0.0538 e. The first-order valence-corrected chi connectivity index (χ1v) is 3.47. The van der Waals surface area contributed by atoms with E-state index in [4.69, 9.17) is 0 Å². The van der Waals surface area contributed by atoms with Gasteiger partial charge in [0, 0.05) is 6.21 Å². The predicted octanol–water partition coefficient (Wildman–Crippen LogP) is 0.839. The summed E-state index contributed by atoms with van der Waals surface area (Å²) in [6, 6.07) is 0. The van der Waals surface area contributed by atoms with E-state index in [9.17, 15) is 0 Å². The molecule has 0 saturated heterocycles. The molecular formula is C6H15N3. The predicted molar refractivity (Wildman–Crippen MR) is 40.2 cm³/mol. The molecule has 1 N–H and O–H groups in total. The van der Waals surface area contributed by atoms with Crippen LogP contribution in [0.1, 0.15) is 20.8 Å². The Labute approximate surface area is 56.7 Å². The second kappa shape index (κ2) is 5.56.